The first-order chi connectivity index (χ1) is 11.7. The summed E-state index contributed by atoms with van der Waals surface area (Å²) in [6.07, 6.45) is 0. The number of hydrogen-bond acceptors (Lipinski definition) is 7. The zero-order valence-electron chi connectivity index (χ0n) is 15.0. The Morgan fingerprint density at radius 1 is 1.20 bits per heavy atom. The lowest BCUT2D eigenvalue weighted by Crippen LogP contribution is -2.48. The molecule has 1 aromatic heterocycles. The van der Waals surface area contributed by atoms with Gasteiger partial charge in [0.15, 0.2) is 0 Å². The predicted octanol–water partition coefficient (Wildman–Crippen LogP) is 2.54. The maximum atomic E-state index is 12.1. The van der Waals surface area contributed by atoms with Crippen molar-refractivity contribution in [3.63, 3.8) is 0 Å². The number of anilines is 1. The van der Waals surface area contributed by atoms with Crippen LogP contribution in [0.3, 0.4) is 0 Å². The second-order valence-corrected chi connectivity index (χ2v) is 7.16. The topological polar surface area (TPSA) is 72.0 Å². The third-order valence-electron chi connectivity index (χ3n) is 3.70. The van der Waals surface area contributed by atoms with Gasteiger partial charge in [0.1, 0.15) is 16.5 Å². The summed E-state index contributed by atoms with van der Waals surface area (Å²) in [7, 11) is 0. The summed E-state index contributed by atoms with van der Waals surface area (Å²) in [5.41, 5.74) is -0.172. The number of ether oxygens (including phenoxy) is 1. The zero-order valence-corrected chi connectivity index (χ0v) is 15.8. The average Bonchev–Trinajstić information content (AvgIpc) is 2.54. The Morgan fingerprint density at radius 3 is 2.40 bits per heavy atom. The Morgan fingerprint density at radius 2 is 1.84 bits per heavy atom. The van der Waals surface area contributed by atoms with Gasteiger partial charge in [0, 0.05) is 13.1 Å². The van der Waals surface area contributed by atoms with Gasteiger partial charge in [0.25, 0.3) is 0 Å². The lowest BCUT2D eigenvalue weighted by molar-refractivity contribution is -0.201. The van der Waals surface area contributed by atoms with Crippen molar-refractivity contribution in [3.05, 3.63) is 22.8 Å². The Labute approximate surface area is 152 Å². The van der Waals surface area contributed by atoms with E-state index in [-0.39, 0.29) is 12.6 Å². The second-order valence-electron chi connectivity index (χ2n) is 6.77. The van der Waals surface area contributed by atoms with Crippen molar-refractivity contribution < 1.29 is 19.2 Å². The van der Waals surface area contributed by atoms with Crippen LogP contribution in [-0.4, -0.2) is 54.8 Å². The minimum atomic E-state index is -0.553. The number of esters is 1. The molecule has 2 rings (SSSR count). The highest BCUT2D eigenvalue weighted by atomic mass is 35.5. The fourth-order valence-corrected chi connectivity index (χ4v) is 2.42. The van der Waals surface area contributed by atoms with Crippen LogP contribution in [0, 0.1) is 5.41 Å². The fourth-order valence-electron chi connectivity index (χ4n) is 2.28. The van der Waals surface area contributed by atoms with E-state index in [9.17, 15) is 9.59 Å². The molecule has 0 spiro atoms. The number of nitrogens with zero attached hydrogens (tertiary/aromatic N) is 3. The molecule has 1 aromatic rings. The van der Waals surface area contributed by atoms with Crippen molar-refractivity contribution in [2.45, 2.75) is 27.7 Å². The number of pyridine rings is 1. The molecule has 0 amide bonds. The number of piperazine rings is 1. The standard InChI is InChI=1S/C17H24ClN3O4/c1-5-24-15(22)12-6-7-13(18)19-14(12)20-8-10-21(11-9-20)25-16(23)17(2,3)4/h6-7H,5,8-11H2,1-4H3. The van der Waals surface area contributed by atoms with Crippen LogP contribution < -0.4 is 4.90 Å². The molecule has 0 aliphatic carbocycles. The summed E-state index contributed by atoms with van der Waals surface area (Å²) in [4.78, 5) is 35.7. The van der Waals surface area contributed by atoms with E-state index in [4.69, 9.17) is 21.2 Å². The van der Waals surface area contributed by atoms with E-state index in [1.54, 1.807) is 24.1 Å². The number of carbonyl (C=O) groups excluding carboxylic acids is 2. The highest BCUT2D eigenvalue weighted by molar-refractivity contribution is 6.29. The predicted molar refractivity (Wildman–Crippen MR) is 94.5 cm³/mol. The van der Waals surface area contributed by atoms with E-state index in [0.717, 1.165) is 0 Å². The van der Waals surface area contributed by atoms with Crippen LogP contribution in [0.1, 0.15) is 38.1 Å². The van der Waals surface area contributed by atoms with Crippen LogP contribution in [-0.2, 0) is 14.4 Å². The van der Waals surface area contributed by atoms with Crippen molar-refractivity contribution in [2.75, 3.05) is 37.7 Å². The largest absolute Gasteiger partial charge is 0.462 e. The first-order valence-corrected chi connectivity index (χ1v) is 8.66. The molecule has 0 N–H and O–H groups in total. The normalized spacial score (nSPS) is 15.8. The number of aromatic nitrogens is 1. The van der Waals surface area contributed by atoms with E-state index >= 15 is 0 Å². The van der Waals surface area contributed by atoms with E-state index in [2.05, 4.69) is 4.98 Å². The molecule has 138 valence electrons. The van der Waals surface area contributed by atoms with E-state index < -0.39 is 11.4 Å². The summed E-state index contributed by atoms with van der Waals surface area (Å²) in [5, 5.41) is 1.95. The molecule has 25 heavy (non-hydrogen) atoms. The lowest BCUT2D eigenvalue weighted by Gasteiger charge is -2.35. The van der Waals surface area contributed by atoms with E-state index in [1.807, 2.05) is 25.7 Å². The van der Waals surface area contributed by atoms with Crippen LogP contribution in [0.25, 0.3) is 0 Å². The van der Waals surface area contributed by atoms with Crippen molar-refractivity contribution >= 4 is 29.4 Å². The highest BCUT2D eigenvalue weighted by Gasteiger charge is 2.29. The summed E-state index contributed by atoms with van der Waals surface area (Å²) >= 11 is 6.00. The maximum absolute atomic E-state index is 12.1. The van der Waals surface area contributed by atoms with Gasteiger partial charge in [0.05, 0.1) is 25.1 Å². The van der Waals surface area contributed by atoms with Crippen LogP contribution in [0.5, 0.6) is 0 Å². The summed E-state index contributed by atoms with van der Waals surface area (Å²) in [5.74, 6) is -0.204. The van der Waals surface area contributed by atoms with Crippen molar-refractivity contribution in [2.24, 2.45) is 5.41 Å². The van der Waals surface area contributed by atoms with Gasteiger partial charge in [-0.1, -0.05) is 11.6 Å². The maximum Gasteiger partial charge on any atom is 0.341 e. The first-order valence-electron chi connectivity index (χ1n) is 8.28. The van der Waals surface area contributed by atoms with Crippen molar-refractivity contribution in [1.82, 2.24) is 10.0 Å². The fraction of sp³-hybridized carbons (Fsp3) is 0.588. The lowest BCUT2D eigenvalue weighted by atomic mass is 9.98. The number of hydrogen-bond donors (Lipinski definition) is 0. The number of hydroxylamine groups is 2. The van der Waals surface area contributed by atoms with Gasteiger partial charge in [-0.2, -0.15) is 0 Å². The molecular formula is C17H24ClN3O4. The van der Waals surface area contributed by atoms with Crippen LogP contribution in [0.4, 0.5) is 5.82 Å². The monoisotopic (exact) mass is 369 g/mol. The molecule has 7 nitrogen and oxygen atoms in total. The minimum absolute atomic E-state index is 0.269. The molecule has 8 heteroatoms. The number of rotatable bonds is 4. The smallest absolute Gasteiger partial charge is 0.341 e. The number of carbonyl (C=O) groups is 2. The molecule has 0 unspecified atom stereocenters. The van der Waals surface area contributed by atoms with E-state index in [0.29, 0.717) is 42.7 Å². The molecular weight excluding hydrogens is 346 g/mol. The van der Waals surface area contributed by atoms with Gasteiger partial charge in [-0.25, -0.2) is 14.6 Å². The van der Waals surface area contributed by atoms with Crippen LogP contribution >= 0.6 is 11.6 Å². The Hall–Kier alpha value is -1.86. The summed E-state index contributed by atoms with van der Waals surface area (Å²) in [6.45, 7) is 9.61. The zero-order chi connectivity index (χ0) is 18.6. The molecule has 0 saturated carbocycles. The van der Waals surface area contributed by atoms with Crippen molar-refractivity contribution in [1.29, 1.82) is 0 Å². The summed E-state index contributed by atoms with van der Waals surface area (Å²) in [6, 6.07) is 3.19. The molecule has 0 radical (unpaired) electrons. The first kappa shape index (κ1) is 19.5. The van der Waals surface area contributed by atoms with Gasteiger partial charge in [0.2, 0.25) is 0 Å². The highest BCUT2D eigenvalue weighted by Crippen LogP contribution is 2.24. The molecule has 1 fully saturated rings. The quantitative estimate of drug-likeness (QED) is 0.596. The van der Waals surface area contributed by atoms with Gasteiger partial charge >= 0.3 is 11.9 Å². The molecule has 0 atom stereocenters. The number of halogens is 1. The molecule has 2 heterocycles. The average molecular weight is 370 g/mol. The van der Waals surface area contributed by atoms with Crippen LogP contribution in [0.2, 0.25) is 5.15 Å². The summed E-state index contributed by atoms with van der Waals surface area (Å²) < 4.78 is 5.08. The molecule has 0 aromatic carbocycles. The van der Waals surface area contributed by atoms with Gasteiger partial charge in [-0.3, -0.25) is 0 Å². The molecule has 1 saturated heterocycles. The Kier molecular flexibility index (Phi) is 6.24. The molecule has 1 aliphatic heterocycles. The van der Waals surface area contributed by atoms with Gasteiger partial charge in [-0.05, 0) is 39.8 Å². The third-order valence-corrected chi connectivity index (χ3v) is 3.91. The van der Waals surface area contributed by atoms with Gasteiger partial charge < -0.3 is 14.5 Å². The van der Waals surface area contributed by atoms with E-state index in [1.165, 1.54) is 0 Å². The van der Waals surface area contributed by atoms with Gasteiger partial charge in [-0.15, -0.1) is 5.06 Å². The molecule has 1 aliphatic rings. The van der Waals surface area contributed by atoms with Crippen molar-refractivity contribution in [3.8, 4) is 0 Å². The SMILES string of the molecule is CCOC(=O)c1ccc(Cl)nc1N1CCN(OC(=O)C(C)(C)C)CC1. The third kappa shape index (κ3) is 5.06. The Balaban J connectivity index is 2.06. The second kappa shape index (κ2) is 8.01. The molecule has 0 bridgehead atoms. The minimum Gasteiger partial charge on any atom is -0.462 e. The van der Waals surface area contributed by atoms with Crippen LogP contribution in [0.15, 0.2) is 12.1 Å². The Bertz CT molecular complexity index is 637.